The number of methoxy groups -OCH3 is 1. The van der Waals surface area contributed by atoms with Crippen molar-refractivity contribution >= 4 is 108 Å². The number of allylic oxidation sites excluding steroid dienone is 3. The fourth-order valence-electron chi connectivity index (χ4n) is 10.4. The molecule has 4 bridgehead atoms. The highest BCUT2D eigenvalue weighted by Crippen LogP contribution is 2.49. The van der Waals surface area contributed by atoms with Gasteiger partial charge in [0.05, 0.1) is 40.4 Å². The van der Waals surface area contributed by atoms with Crippen LogP contribution in [-0.4, -0.2) is 162 Å². The number of aryl methyl sites for hydroxylation is 1. The number of alkyl halides is 2. The number of carbonyl (C=O) groups is 9. The average Bonchev–Trinajstić information content (AvgIpc) is 1.59. The van der Waals surface area contributed by atoms with Gasteiger partial charge in [-0.3, -0.25) is 34.1 Å². The molecule has 3 heterocycles. The van der Waals surface area contributed by atoms with Crippen LogP contribution in [0, 0.1) is 24.7 Å². The Balaban J connectivity index is 1.35. The van der Waals surface area contributed by atoms with Crippen LogP contribution in [0.25, 0.3) is 0 Å². The Morgan fingerprint density at radius 1 is 0.965 bits per heavy atom. The number of fused-ring (bicyclic) bond motifs is 5. The number of anilines is 2. The molecule has 0 radical (unpaired) electrons. The van der Waals surface area contributed by atoms with Crippen molar-refractivity contribution in [2.45, 2.75) is 160 Å². The third-order valence-corrected chi connectivity index (χ3v) is 17.9. The van der Waals surface area contributed by atoms with Crippen molar-refractivity contribution in [1.29, 1.82) is 0 Å². The third-order valence-electron chi connectivity index (χ3n) is 15.9. The van der Waals surface area contributed by atoms with Crippen LogP contribution in [-0.2, 0) is 54.1 Å². The monoisotopic (exact) mass is 1350 g/mol. The van der Waals surface area contributed by atoms with Gasteiger partial charge in [-0.05, 0) is 95.0 Å². The molecule has 26 heteroatoms. The van der Waals surface area contributed by atoms with E-state index in [-0.39, 0.29) is 61.2 Å². The second-order valence-corrected chi connectivity index (χ2v) is 24.5. The summed E-state index contributed by atoms with van der Waals surface area (Å²) in [6, 6.07) is 5.34. The number of carbonyl (C=O) groups excluding carboxylic acids is 9. The van der Waals surface area contributed by atoms with E-state index in [1.807, 2.05) is 26.0 Å². The Hall–Kier alpha value is -6.12. The van der Waals surface area contributed by atoms with E-state index in [2.05, 4.69) is 63.8 Å². The molecule has 2 aromatic carbocycles. The number of nitrogens with two attached hydrogens (primary N) is 1. The van der Waals surface area contributed by atoms with E-state index in [1.165, 1.54) is 38.1 Å². The lowest BCUT2D eigenvalue weighted by Gasteiger charge is -2.42. The highest BCUT2D eigenvalue weighted by atomic mass is 79.9. The Morgan fingerprint density at radius 2 is 1.65 bits per heavy atom. The van der Waals surface area contributed by atoms with Crippen molar-refractivity contribution in [1.82, 2.24) is 31.5 Å². The number of primary amides is 1. The lowest BCUT2D eigenvalue weighted by atomic mass is 9.83. The topological polar surface area (TPSA) is 319 Å². The molecular formula is C60H84Br2ClN9O14. The zero-order valence-corrected chi connectivity index (χ0v) is 54.5. The number of nitrogens with zero attached hydrogens (tertiary/aromatic N) is 2. The second kappa shape index (κ2) is 32.2. The molecular weight excluding hydrogens is 1270 g/mol. The number of urea groups is 1. The zero-order valence-electron chi connectivity index (χ0n) is 50.5. The summed E-state index contributed by atoms with van der Waals surface area (Å²) in [5.41, 5.74) is 4.86. The predicted octanol–water partition coefficient (Wildman–Crippen LogP) is 6.22. The minimum atomic E-state index is -1.91. The van der Waals surface area contributed by atoms with E-state index in [4.69, 9.17) is 36.3 Å². The number of unbranched alkanes of at least 4 members (excludes halogenated alkanes) is 2. The summed E-state index contributed by atoms with van der Waals surface area (Å²) in [4.78, 5) is 124. The third kappa shape index (κ3) is 18.9. The number of alkyl carbamates (subject to hydrolysis) is 1. The molecule has 86 heavy (non-hydrogen) atoms. The smallest absolute Gasteiger partial charge is 0.409 e. The van der Waals surface area contributed by atoms with Gasteiger partial charge in [-0.1, -0.05) is 113 Å². The molecule has 23 nitrogen and oxygen atoms in total. The van der Waals surface area contributed by atoms with E-state index >= 15 is 0 Å². The molecule has 0 aromatic heterocycles. The maximum atomic E-state index is 14.6. The van der Waals surface area contributed by atoms with Gasteiger partial charge in [0.2, 0.25) is 29.5 Å². The molecule has 0 aliphatic carbocycles. The molecule has 2 aromatic rings. The molecule has 5 rings (SSSR count). The lowest BCUT2D eigenvalue weighted by molar-refractivity contribution is -0.158. The van der Waals surface area contributed by atoms with Gasteiger partial charge in [-0.25, -0.2) is 14.4 Å². The van der Waals surface area contributed by atoms with Crippen molar-refractivity contribution in [3.8, 4) is 0 Å². The van der Waals surface area contributed by atoms with Gasteiger partial charge >= 0.3 is 18.1 Å². The number of benzene rings is 2. The molecule has 3 aliphatic rings. The van der Waals surface area contributed by atoms with Crippen molar-refractivity contribution in [3.63, 3.8) is 0 Å². The quantitative estimate of drug-likeness (QED) is 0.0250. The number of rotatable bonds is 24. The summed E-state index contributed by atoms with van der Waals surface area (Å²) in [7, 11) is 4.33. The fourth-order valence-corrected chi connectivity index (χ4v) is 12.3. The predicted molar refractivity (Wildman–Crippen MR) is 332 cm³/mol. The summed E-state index contributed by atoms with van der Waals surface area (Å²) in [5, 5.41) is 29.5. The second-order valence-electron chi connectivity index (χ2n) is 22.9. The van der Waals surface area contributed by atoms with Crippen molar-refractivity contribution < 1.29 is 67.2 Å². The standard InChI is InChI=1S/C60H84Br2ClN9O14/c1-33(2)50(69-47(73)23-12-11-15-24-65-52(75)39(31-61)32-62)54(77)68-42(21-17-25-66-57(64)80)53(76)67-41-20-14-13-19-40(41)55(78)71(8)37(6)56(79)85-46-29-48(74)72(9)43-28-38(27-35(4)49(43)63)26-34(3)18-16-22-45(83-10)60(82)30-44(84-58(81)70-60)36(5)51-59(46,7)86-51/h13-14,16,18-20,22,27-28,33,36-37,39,42,44-46,50-51,82H,11-12,15,17,21,23-26,29-32H2,1-10H3,(H,65,75)(H,67,76)(H,68,77)(H,69,73)(H,70,81)(H3,64,66,80)/b22-16+,34-18+/t36-,37+,42+,44+,45-,46+,50+,51+,59+,60+/m1/s1. The highest BCUT2D eigenvalue weighted by molar-refractivity contribution is 9.09. The van der Waals surface area contributed by atoms with E-state index in [9.17, 15) is 48.3 Å². The van der Waals surface area contributed by atoms with Crippen LogP contribution in [0.2, 0.25) is 5.02 Å². The molecule has 9 amide bonds. The van der Waals surface area contributed by atoms with Crippen molar-refractivity contribution in [3.05, 3.63) is 81.9 Å². The Bertz CT molecular complexity index is 2860. The fraction of sp³-hybridized carbons (Fsp3) is 0.583. The average molecular weight is 1350 g/mol. The van der Waals surface area contributed by atoms with E-state index in [0.29, 0.717) is 59.2 Å². The van der Waals surface area contributed by atoms with Gasteiger partial charge in [0.15, 0.2) is 5.72 Å². The number of aliphatic hydroxyl groups is 1. The normalized spacial score (nSPS) is 24.3. The first-order chi connectivity index (χ1) is 40.6. The summed E-state index contributed by atoms with van der Waals surface area (Å²) in [6.07, 6.45) is 2.25. The lowest BCUT2D eigenvalue weighted by Crippen LogP contribution is -2.63. The highest BCUT2D eigenvalue weighted by Gasteiger charge is 2.64. The molecule has 474 valence electrons. The first-order valence-electron chi connectivity index (χ1n) is 28.8. The number of halogens is 3. The Labute approximate surface area is 525 Å². The first-order valence-corrected chi connectivity index (χ1v) is 31.4. The van der Waals surface area contributed by atoms with Crippen LogP contribution in [0.5, 0.6) is 0 Å². The van der Waals surface area contributed by atoms with Gasteiger partial charge in [0.1, 0.15) is 42.0 Å². The number of esters is 1. The van der Waals surface area contributed by atoms with Crippen LogP contribution in [0.15, 0.2) is 60.2 Å². The zero-order chi connectivity index (χ0) is 63.8. The number of hydrogen-bond donors (Lipinski definition) is 8. The Morgan fingerprint density at radius 3 is 2.31 bits per heavy atom. The van der Waals surface area contributed by atoms with E-state index < -0.39 is 114 Å². The van der Waals surface area contributed by atoms with Gasteiger partial charge in [-0.2, -0.15) is 0 Å². The van der Waals surface area contributed by atoms with Crippen LogP contribution in [0.1, 0.15) is 114 Å². The SMILES string of the molecule is CO[C@@H]1/C=C/C=C(\C)Cc2cc(C)c(Cl)c(c2)N(C)C(=O)C[C@H](OC(=O)[C@H](C)N(C)C(=O)c2ccccc2NC(=O)[C@H](CCCNC(N)=O)NC(=O)[C@@H](NC(=O)CCCCCNC(=O)C(CBr)CBr)C(C)C)[C@]2(C)O[C@H]2[C@H](C)[C@@H]2C[C@@]1(O)NC(=O)O2. The molecule has 0 unspecified atom stereocenters. The number of nitrogens with one attached hydrogen (secondary N) is 6. The number of likely N-dealkylation sites (N-methyl/N-ethyl adjacent to an activating group) is 1. The molecule has 3 aliphatic heterocycles. The number of epoxide rings is 1. The molecule has 2 fully saturated rings. The van der Waals surface area contributed by atoms with Crippen LogP contribution in [0.3, 0.4) is 0 Å². The molecule has 0 saturated carbocycles. The van der Waals surface area contributed by atoms with Crippen LogP contribution >= 0.6 is 43.5 Å². The molecule has 2 saturated heterocycles. The maximum absolute atomic E-state index is 14.6. The van der Waals surface area contributed by atoms with Gasteiger partial charge in [0.25, 0.3) is 5.91 Å². The van der Waals surface area contributed by atoms with Crippen LogP contribution in [0.4, 0.5) is 21.0 Å². The van der Waals surface area contributed by atoms with Gasteiger partial charge < -0.3 is 66.2 Å². The number of amides is 9. The van der Waals surface area contributed by atoms with E-state index in [0.717, 1.165) is 16.0 Å². The van der Waals surface area contributed by atoms with Gasteiger partial charge in [-0.15, -0.1) is 0 Å². The largest absolute Gasteiger partial charge is 0.457 e. The maximum Gasteiger partial charge on any atom is 0.409 e. The number of ether oxygens (including phenoxy) is 4. The number of hydrogen-bond acceptors (Lipinski definition) is 14. The summed E-state index contributed by atoms with van der Waals surface area (Å²) >= 11 is 13.5. The first kappa shape index (κ1) is 70.6. The molecule has 9 N–H and O–H groups in total. The summed E-state index contributed by atoms with van der Waals surface area (Å²) in [6.45, 7) is 12.6. The molecule has 10 atom stereocenters. The number of para-hydroxylation sites is 1. The summed E-state index contributed by atoms with van der Waals surface area (Å²) in [5.74, 6) is -5.24. The van der Waals surface area contributed by atoms with Crippen molar-refractivity contribution in [2.75, 3.05) is 55.2 Å². The van der Waals surface area contributed by atoms with Crippen molar-refractivity contribution in [2.24, 2.45) is 23.5 Å². The van der Waals surface area contributed by atoms with Crippen LogP contribution < -0.4 is 42.5 Å². The minimum Gasteiger partial charge on any atom is -0.457 e. The van der Waals surface area contributed by atoms with E-state index in [1.54, 1.807) is 65.1 Å². The minimum absolute atomic E-state index is 0.00668. The Kier molecular flexibility index (Phi) is 26.5. The molecule has 0 spiro atoms. The summed E-state index contributed by atoms with van der Waals surface area (Å²) < 4.78 is 24.0. The van der Waals surface area contributed by atoms with Gasteiger partial charge in [0, 0.05) is 63.7 Å².